The number of thiazole rings is 1. The van der Waals surface area contributed by atoms with Gasteiger partial charge in [-0.15, -0.1) is 23.7 Å². The Morgan fingerprint density at radius 3 is 2.89 bits per heavy atom. The van der Waals surface area contributed by atoms with E-state index in [1.165, 1.54) is 37.0 Å². The Bertz CT molecular complexity index is 404. The Kier molecular flexibility index (Phi) is 6.75. The van der Waals surface area contributed by atoms with Gasteiger partial charge in [-0.25, -0.2) is 4.98 Å². The Hall–Kier alpha value is -0.650. The minimum absolute atomic E-state index is 0. The van der Waals surface area contributed by atoms with Gasteiger partial charge < -0.3 is 11.1 Å². The zero-order valence-electron chi connectivity index (χ0n) is 11.2. The predicted molar refractivity (Wildman–Crippen MR) is 81.0 cm³/mol. The lowest BCUT2D eigenvalue weighted by molar-refractivity contribution is 0.0922. The average Bonchev–Trinajstić information content (AvgIpc) is 3.00. The van der Waals surface area contributed by atoms with Gasteiger partial charge in [0.05, 0.1) is 5.01 Å². The SMILES string of the molecule is CC(NC(=O)c1csc(CCN)n1)C1CCCC1.Cl. The number of hydrogen-bond acceptors (Lipinski definition) is 4. The van der Waals surface area contributed by atoms with Gasteiger partial charge in [-0.05, 0) is 32.2 Å². The zero-order chi connectivity index (χ0) is 13.0. The number of amides is 1. The van der Waals surface area contributed by atoms with Crippen LogP contribution in [0, 0.1) is 5.92 Å². The van der Waals surface area contributed by atoms with E-state index in [0.717, 1.165) is 11.4 Å². The third kappa shape index (κ3) is 4.44. The molecule has 1 aromatic rings. The van der Waals surface area contributed by atoms with Crippen LogP contribution in [0.2, 0.25) is 0 Å². The molecule has 19 heavy (non-hydrogen) atoms. The maximum absolute atomic E-state index is 12.0. The van der Waals surface area contributed by atoms with Crippen LogP contribution in [-0.4, -0.2) is 23.5 Å². The molecule has 1 atom stereocenters. The summed E-state index contributed by atoms with van der Waals surface area (Å²) in [4.78, 5) is 16.3. The number of nitrogens with zero attached hydrogens (tertiary/aromatic N) is 1. The summed E-state index contributed by atoms with van der Waals surface area (Å²) in [5.74, 6) is 0.588. The van der Waals surface area contributed by atoms with Gasteiger partial charge in [0.1, 0.15) is 5.69 Å². The molecular weight excluding hydrogens is 282 g/mol. The van der Waals surface area contributed by atoms with Crippen molar-refractivity contribution in [2.45, 2.75) is 45.1 Å². The highest BCUT2D eigenvalue weighted by Crippen LogP contribution is 2.27. The minimum Gasteiger partial charge on any atom is -0.348 e. The molecule has 108 valence electrons. The Labute approximate surface area is 124 Å². The number of aromatic nitrogens is 1. The standard InChI is InChI=1S/C13H21N3OS.ClH/c1-9(10-4-2-3-5-10)15-13(17)11-8-18-12(16-11)6-7-14;/h8-10H,2-7,14H2,1H3,(H,15,17);1H. The fourth-order valence-electron chi connectivity index (χ4n) is 2.51. The molecule has 1 fully saturated rings. The molecule has 0 aromatic carbocycles. The maximum atomic E-state index is 12.0. The molecule has 2 rings (SSSR count). The van der Waals surface area contributed by atoms with Gasteiger partial charge in [0.2, 0.25) is 0 Å². The Morgan fingerprint density at radius 1 is 1.58 bits per heavy atom. The summed E-state index contributed by atoms with van der Waals surface area (Å²) < 4.78 is 0. The summed E-state index contributed by atoms with van der Waals surface area (Å²) in [5, 5.41) is 5.83. The molecule has 1 unspecified atom stereocenters. The van der Waals surface area contributed by atoms with Crippen LogP contribution in [0.15, 0.2) is 5.38 Å². The first kappa shape index (κ1) is 16.4. The van der Waals surface area contributed by atoms with E-state index in [9.17, 15) is 4.79 Å². The molecule has 3 N–H and O–H groups in total. The highest BCUT2D eigenvalue weighted by atomic mass is 35.5. The molecule has 1 heterocycles. The van der Waals surface area contributed by atoms with Gasteiger partial charge in [-0.2, -0.15) is 0 Å². The minimum atomic E-state index is -0.0473. The van der Waals surface area contributed by atoms with Crippen LogP contribution in [0.3, 0.4) is 0 Å². The van der Waals surface area contributed by atoms with Crippen LogP contribution in [0.25, 0.3) is 0 Å². The topological polar surface area (TPSA) is 68.0 Å². The van der Waals surface area contributed by atoms with Crippen LogP contribution in [0.5, 0.6) is 0 Å². The molecule has 0 bridgehead atoms. The van der Waals surface area contributed by atoms with Gasteiger partial charge in [0, 0.05) is 17.8 Å². The molecule has 4 nitrogen and oxygen atoms in total. The van der Waals surface area contributed by atoms with E-state index < -0.39 is 0 Å². The number of halogens is 1. The molecule has 1 saturated carbocycles. The van der Waals surface area contributed by atoms with Gasteiger partial charge in [-0.1, -0.05) is 12.8 Å². The van der Waals surface area contributed by atoms with E-state index >= 15 is 0 Å². The Balaban J connectivity index is 0.00000180. The van der Waals surface area contributed by atoms with Crippen molar-refractivity contribution in [1.82, 2.24) is 10.3 Å². The Morgan fingerprint density at radius 2 is 2.26 bits per heavy atom. The third-order valence-electron chi connectivity index (χ3n) is 3.61. The molecule has 1 aliphatic carbocycles. The van der Waals surface area contributed by atoms with Crippen LogP contribution in [0.1, 0.15) is 48.1 Å². The molecule has 0 spiro atoms. The number of carbonyl (C=O) groups excluding carboxylic acids is 1. The second-order valence-corrected chi connectivity index (χ2v) is 5.91. The third-order valence-corrected chi connectivity index (χ3v) is 4.52. The highest BCUT2D eigenvalue weighted by molar-refractivity contribution is 7.09. The van der Waals surface area contributed by atoms with Gasteiger partial charge in [0.15, 0.2) is 0 Å². The lowest BCUT2D eigenvalue weighted by atomic mass is 10.00. The van der Waals surface area contributed by atoms with E-state index in [1.807, 2.05) is 5.38 Å². The second-order valence-electron chi connectivity index (χ2n) is 4.97. The lowest BCUT2D eigenvalue weighted by Gasteiger charge is -2.19. The number of nitrogens with one attached hydrogen (secondary N) is 1. The average molecular weight is 304 g/mol. The number of hydrogen-bond donors (Lipinski definition) is 2. The predicted octanol–water partition coefficient (Wildman–Crippen LogP) is 2.37. The number of carbonyl (C=O) groups is 1. The van der Waals surface area contributed by atoms with Crippen LogP contribution in [-0.2, 0) is 6.42 Å². The quantitative estimate of drug-likeness (QED) is 0.877. The summed E-state index contributed by atoms with van der Waals surface area (Å²) in [6.07, 6.45) is 5.80. The molecule has 0 saturated heterocycles. The molecular formula is C13H22ClN3OS. The normalized spacial score (nSPS) is 16.9. The van der Waals surface area contributed by atoms with Crippen molar-refractivity contribution in [2.75, 3.05) is 6.54 Å². The monoisotopic (exact) mass is 303 g/mol. The summed E-state index contributed by atoms with van der Waals surface area (Å²) in [6.45, 7) is 2.67. The molecule has 1 amide bonds. The van der Waals surface area contributed by atoms with Gasteiger partial charge in [0.25, 0.3) is 5.91 Å². The lowest BCUT2D eigenvalue weighted by Crippen LogP contribution is -2.37. The number of nitrogens with two attached hydrogens (primary N) is 1. The van der Waals surface area contributed by atoms with Gasteiger partial charge in [-0.3, -0.25) is 4.79 Å². The summed E-state index contributed by atoms with van der Waals surface area (Å²) in [7, 11) is 0. The summed E-state index contributed by atoms with van der Waals surface area (Å²) >= 11 is 1.51. The van der Waals surface area contributed by atoms with Crippen molar-refractivity contribution >= 4 is 29.7 Å². The van der Waals surface area contributed by atoms with Crippen molar-refractivity contribution in [1.29, 1.82) is 0 Å². The van der Waals surface area contributed by atoms with E-state index in [-0.39, 0.29) is 24.4 Å². The van der Waals surface area contributed by atoms with Crippen molar-refractivity contribution in [3.63, 3.8) is 0 Å². The van der Waals surface area contributed by atoms with Crippen molar-refractivity contribution < 1.29 is 4.79 Å². The largest absolute Gasteiger partial charge is 0.348 e. The maximum Gasteiger partial charge on any atom is 0.270 e. The van der Waals surface area contributed by atoms with Crippen molar-refractivity contribution in [2.24, 2.45) is 11.7 Å². The smallest absolute Gasteiger partial charge is 0.270 e. The summed E-state index contributed by atoms with van der Waals surface area (Å²) in [6, 6.07) is 0.250. The molecule has 0 radical (unpaired) electrons. The van der Waals surface area contributed by atoms with Crippen LogP contribution in [0.4, 0.5) is 0 Å². The van der Waals surface area contributed by atoms with Crippen LogP contribution >= 0.6 is 23.7 Å². The number of rotatable bonds is 5. The fourth-order valence-corrected chi connectivity index (χ4v) is 3.30. The first-order valence-corrected chi connectivity index (χ1v) is 7.54. The molecule has 1 aliphatic rings. The molecule has 1 aromatic heterocycles. The van der Waals surface area contributed by atoms with Crippen molar-refractivity contribution in [3.05, 3.63) is 16.1 Å². The fraction of sp³-hybridized carbons (Fsp3) is 0.692. The first-order valence-electron chi connectivity index (χ1n) is 6.66. The highest BCUT2D eigenvalue weighted by Gasteiger charge is 2.23. The first-order chi connectivity index (χ1) is 8.70. The van der Waals surface area contributed by atoms with E-state index in [1.54, 1.807) is 0 Å². The second kappa shape index (κ2) is 7.82. The zero-order valence-corrected chi connectivity index (χ0v) is 12.9. The van der Waals surface area contributed by atoms with E-state index in [2.05, 4.69) is 17.2 Å². The van der Waals surface area contributed by atoms with Gasteiger partial charge >= 0.3 is 0 Å². The van der Waals surface area contributed by atoms with Crippen molar-refractivity contribution in [3.8, 4) is 0 Å². The molecule has 0 aliphatic heterocycles. The molecule has 6 heteroatoms. The van der Waals surface area contributed by atoms with Crippen LogP contribution < -0.4 is 11.1 Å². The van der Waals surface area contributed by atoms with E-state index in [4.69, 9.17) is 5.73 Å². The summed E-state index contributed by atoms with van der Waals surface area (Å²) in [5.41, 5.74) is 6.01. The van der Waals surface area contributed by atoms with E-state index in [0.29, 0.717) is 18.2 Å².